The number of methoxy groups -OCH3 is 2. The molecule has 2 aromatic carbocycles. The van der Waals surface area contributed by atoms with Crippen molar-refractivity contribution in [3.05, 3.63) is 119 Å². The molecule has 0 aliphatic rings. The molecule has 10 nitrogen and oxygen atoms in total. The van der Waals surface area contributed by atoms with Crippen molar-refractivity contribution >= 4 is 18.3 Å². The van der Waals surface area contributed by atoms with Gasteiger partial charge in [0.05, 0.1) is 26.6 Å². The number of hydrogen-bond donors (Lipinski definition) is 1. The maximum Gasteiger partial charge on any atom is 2.00 e. The number of rotatable bonds is 9. The van der Waals surface area contributed by atoms with E-state index in [1.54, 1.807) is 24.3 Å². The van der Waals surface area contributed by atoms with Crippen molar-refractivity contribution in [1.29, 1.82) is 0 Å². The van der Waals surface area contributed by atoms with Gasteiger partial charge in [-0.3, -0.25) is 9.97 Å². The molecule has 2 heterocycles. The molecule has 1 atom stereocenters. The molecule has 4 aromatic rings. The van der Waals surface area contributed by atoms with E-state index in [2.05, 4.69) is 30.7 Å². The van der Waals surface area contributed by atoms with Gasteiger partial charge >= 0.3 is 16.8 Å². The molecule has 13 heteroatoms. The smallest absolute Gasteiger partial charge is 0.857 e. The molecule has 0 fully saturated rings. The van der Waals surface area contributed by atoms with Crippen molar-refractivity contribution in [3.8, 4) is 11.5 Å². The number of halogens is 2. The van der Waals surface area contributed by atoms with Gasteiger partial charge in [0.1, 0.15) is 0 Å². The molecule has 1 unspecified atom stereocenters. The summed E-state index contributed by atoms with van der Waals surface area (Å²) >= 11 is 0. The number of benzene rings is 2. The van der Waals surface area contributed by atoms with E-state index in [1.165, 1.54) is 87.8 Å². The molecule has 0 aliphatic carbocycles. The molecular formula is C28H24CoF2N6O4. The maximum atomic E-state index is 13.4. The third-order valence-corrected chi connectivity index (χ3v) is 5.05. The predicted octanol–water partition coefficient (Wildman–Crippen LogP) is 2.58. The van der Waals surface area contributed by atoms with Crippen molar-refractivity contribution in [2.24, 2.45) is 15.3 Å². The molecule has 0 spiro atoms. The van der Waals surface area contributed by atoms with E-state index in [-0.39, 0.29) is 28.3 Å². The Bertz CT molecular complexity index is 1460. The summed E-state index contributed by atoms with van der Waals surface area (Å²) in [7, 11) is 2.78. The largest absolute Gasteiger partial charge is 2.00 e. The summed E-state index contributed by atoms with van der Waals surface area (Å²) in [5, 5.41) is 34.3. The minimum Gasteiger partial charge on any atom is -0.857 e. The van der Waals surface area contributed by atoms with Crippen LogP contribution >= 0.6 is 0 Å². The van der Waals surface area contributed by atoms with Gasteiger partial charge in [0.2, 0.25) is 0 Å². The molecule has 1 N–H and O–H groups in total. The van der Waals surface area contributed by atoms with Crippen molar-refractivity contribution in [2.75, 3.05) is 14.2 Å². The number of hydrogen-bond acceptors (Lipinski definition) is 10. The minimum absolute atomic E-state index is 0. The second-order valence-electron chi connectivity index (χ2n) is 7.72. The molecule has 0 aliphatic heterocycles. The Balaban J connectivity index is 0.000000280. The molecule has 213 valence electrons. The molecule has 0 saturated heterocycles. The summed E-state index contributed by atoms with van der Waals surface area (Å²) in [6, 6.07) is 15.0. The minimum atomic E-state index is -1.20. The molecule has 1 radical (unpaired) electrons. The second kappa shape index (κ2) is 17.1. The van der Waals surface area contributed by atoms with E-state index in [0.717, 1.165) is 0 Å². The van der Waals surface area contributed by atoms with Gasteiger partial charge in [0.25, 0.3) is 0 Å². The van der Waals surface area contributed by atoms with Crippen LogP contribution in [0.1, 0.15) is 28.5 Å². The van der Waals surface area contributed by atoms with Crippen LogP contribution in [0.25, 0.3) is 0 Å². The van der Waals surface area contributed by atoms with Crippen LogP contribution in [-0.4, -0.2) is 42.5 Å². The van der Waals surface area contributed by atoms with E-state index in [9.17, 15) is 19.0 Å². The van der Waals surface area contributed by atoms with Crippen LogP contribution in [0.5, 0.6) is 11.5 Å². The maximum absolute atomic E-state index is 13.4. The third-order valence-electron chi connectivity index (χ3n) is 5.05. The molecular weight excluding hydrogens is 581 g/mol. The van der Waals surface area contributed by atoms with Crippen molar-refractivity contribution in [1.82, 2.24) is 15.4 Å². The van der Waals surface area contributed by atoms with Crippen molar-refractivity contribution in [2.45, 2.75) is 6.23 Å². The van der Waals surface area contributed by atoms with Crippen LogP contribution in [0.15, 0.2) is 101 Å². The van der Waals surface area contributed by atoms with Crippen LogP contribution in [0, 0.1) is 11.6 Å². The second-order valence-corrected chi connectivity index (χ2v) is 7.72. The predicted molar refractivity (Wildman–Crippen MR) is 142 cm³/mol. The summed E-state index contributed by atoms with van der Waals surface area (Å²) in [5.74, 6) is -1.17. The van der Waals surface area contributed by atoms with Crippen LogP contribution in [0.3, 0.4) is 0 Å². The number of nitrogens with zero attached hydrogens (tertiary/aromatic N) is 5. The zero-order valence-corrected chi connectivity index (χ0v) is 22.8. The Morgan fingerprint density at radius 1 is 0.829 bits per heavy atom. The summed E-state index contributed by atoms with van der Waals surface area (Å²) in [5.41, 5.74) is 4.35. The van der Waals surface area contributed by atoms with Gasteiger partial charge < -0.3 is 25.1 Å². The first-order valence-electron chi connectivity index (χ1n) is 11.6. The Kier molecular flexibility index (Phi) is 13.5. The van der Waals surface area contributed by atoms with Gasteiger partial charge in [-0.1, -0.05) is 0 Å². The van der Waals surface area contributed by atoms with Crippen molar-refractivity contribution in [3.63, 3.8) is 0 Å². The molecule has 0 bridgehead atoms. The van der Waals surface area contributed by atoms with Crippen LogP contribution in [0.2, 0.25) is 0 Å². The first kappa shape index (κ1) is 32.5. The van der Waals surface area contributed by atoms with E-state index < -0.39 is 23.8 Å². The number of hydrazone groups is 1. The fourth-order valence-electron chi connectivity index (χ4n) is 3.02. The Morgan fingerprint density at radius 3 is 1.85 bits per heavy atom. The normalized spacial score (nSPS) is 11.8. The van der Waals surface area contributed by atoms with E-state index in [1.807, 2.05) is 0 Å². The average Bonchev–Trinajstić information content (AvgIpc) is 2.98. The first-order valence-corrected chi connectivity index (χ1v) is 11.6. The third kappa shape index (κ3) is 10.4. The fourth-order valence-corrected chi connectivity index (χ4v) is 3.02. The summed E-state index contributed by atoms with van der Waals surface area (Å²) in [6.45, 7) is 0. The van der Waals surface area contributed by atoms with E-state index >= 15 is 0 Å². The Morgan fingerprint density at radius 2 is 1.34 bits per heavy atom. The standard InChI is InChI=1S/C14H13FN3O2.C14H12FN3O2.Co/c2*1-20-13-3-2-10(8-12(13)15)9-17-18-14(19)11-4-6-16-7-5-11;/h2-9,14,18H,1H3;2-9H,1H3,(H,18,19);/q-1;;+2/p-1/b2*17-9-;. The number of pyridine rings is 2. The zero-order chi connectivity index (χ0) is 28.7. The van der Waals surface area contributed by atoms with Gasteiger partial charge in [-0.05, 0) is 89.1 Å². The molecule has 4 rings (SSSR count). The Hall–Kier alpha value is -4.72. The van der Waals surface area contributed by atoms with Crippen LogP contribution in [-0.2, 0) is 16.8 Å². The summed E-state index contributed by atoms with van der Waals surface area (Å²) in [6.07, 6.45) is 7.51. The topological polar surface area (TPSA) is 139 Å². The quantitative estimate of drug-likeness (QED) is 0.134. The van der Waals surface area contributed by atoms with Crippen molar-refractivity contribution < 1.29 is 45.2 Å². The molecule has 41 heavy (non-hydrogen) atoms. The zero-order valence-electron chi connectivity index (χ0n) is 21.8. The Labute approximate surface area is 245 Å². The SMILES string of the molecule is COc1ccc(/C=N\N=C(/[O-])c2ccncc2)cc1F.COc1ccc(/C=N\NC([O-])c2ccncc2)cc1F.[Co+2]. The van der Waals surface area contributed by atoms with Gasteiger partial charge in [-0.15, -0.1) is 0 Å². The first-order chi connectivity index (χ1) is 19.4. The number of nitrogens with one attached hydrogen (secondary N) is 1. The molecule has 0 saturated carbocycles. The monoisotopic (exact) mass is 605 g/mol. The summed E-state index contributed by atoms with van der Waals surface area (Å²) < 4.78 is 36.4. The van der Waals surface area contributed by atoms with Gasteiger partial charge in [-0.2, -0.15) is 15.3 Å². The van der Waals surface area contributed by atoms with E-state index in [4.69, 9.17) is 9.47 Å². The number of aromatic nitrogens is 2. The van der Waals surface area contributed by atoms with Gasteiger partial charge in [-0.25, -0.2) is 8.78 Å². The van der Waals surface area contributed by atoms with E-state index in [0.29, 0.717) is 22.3 Å². The van der Waals surface area contributed by atoms with Gasteiger partial charge in [0.15, 0.2) is 23.1 Å². The van der Waals surface area contributed by atoms with Crippen LogP contribution < -0.4 is 25.1 Å². The molecule has 0 amide bonds. The average molecular weight is 605 g/mol. The molecule has 2 aromatic heterocycles. The fraction of sp³-hybridized carbons (Fsp3) is 0.107. The number of ether oxygens (including phenoxy) is 2. The van der Waals surface area contributed by atoms with Gasteiger partial charge in [0, 0.05) is 30.7 Å². The summed E-state index contributed by atoms with van der Waals surface area (Å²) in [4.78, 5) is 7.62. The van der Waals surface area contributed by atoms with Crippen LogP contribution in [0.4, 0.5) is 8.78 Å².